The molecule has 0 bridgehead atoms. The number of nitrogens with zero attached hydrogens (tertiary/aromatic N) is 2. The van der Waals surface area contributed by atoms with Crippen LogP contribution in [0.3, 0.4) is 0 Å². The van der Waals surface area contributed by atoms with Gasteiger partial charge in [-0.3, -0.25) is 0 Å². The zero-order valence-corrected chi connectivity index (χ0v) is 11.8. The van der Waals surface area contributed by atoms with E-state index in [0.29, 0.717) is 12.0 Å². The number of benzene rings is 1. The molecule has 0 saturated carbocycles. The molecule has 2 heterocycles. The molecule has 1 aromatic heterocycles. The van der Waals surface area contributed by atoms with Gasteiger partial charge >= 0.3 is 0 Å². The largest absolute Gasteiger partial charge is 0.381 e. The fourth-order valence-corrected chi connectivity index (χ4v) is 2.90. The van der Waals surface area contributed by atoms with Crippen molar-refractivity contribution in [2.24, 2.45) is 5.92 Å². The molecule has 106 valence electrons. The molecular formula is C16H21N3O. The Morgan fingerprint density at radius 1 is 1.20 bits per heavy atom. The van der Waals surface area contributed by atoms with Crippen LogP contribution in [0.2, 0.25) is 0 Å². The standard InChI is InChI=1S/C16H21N3O/c1-17-16(13-8-11-20-12-9-13)15-7-10-19(18-15)14-5-3-2-4-6-14/h2-7,10,13,16-17H,8-9,11-12H2,1H3. The second-order valence-corrected chi connectivity index (χ2v) is 5.24. The molecule has 1 atom stereocenters. The van der Waals surface area contributed by atoms with Crippen LogP contribution in [0, 0.1) is 5.92 Å². The zero-order chi connectivity index (χ0) is 13.8. The van der Waals surface area contributed by atoms with Gasteiger partial charge in [0, 0.05) is 19.4 Å². The van der Waals surface area contributed by atoms with Gasteiger partial charge in [0.2, 0.25) is 0 Å². The molecule has 4 nitrogen and oxygen atoms in total. The summed E-state index contributed by atoms with van der Waals surface area (Å²) in [6.07, 6.45) is 4.24. The average molecular weight is 271 g/mol. The van der Waals surface area contributed by atoms with E-state index in [0.717, 1.165) is 37.4 Å². The number of rotatable bonds is 4. The summed E-state index contributed by atoms with van der Waals surface area (Å²) >= 11 is 0. The average Bonchev–Trinajstić information content (AvgIpc) is 3.00. The van der Waals surface area contributed by atoms with E-state index >= 15 is 0 Å². The van der Waals surface area contributed by atoms with E-state index in [1.165, 1.54) is 0 Å². The van der Waals surface area contributed by atoms with Crippen LogP contribution in [0.1, 0.15) is 24.6 Å². The first-order valence-electron chi connectivity index (χ1n) is 7.24. The van der Waals surface area contributed by atoms with Crippen LogP contribution in [0.4, 0.5) is 0 Å². The highest BCUT2D eigenvalue weighted by Gasteiger charge is 2.25. The predicted molar refractivity (Wildman–Crippen MR) is 78.9 cm³/mol. The number of aromatic nitrogens is 2. The van der Waals surface area contributed by atoms with Crippen LogP contribution < -0.4 is 5.32 Å². The van der Waals surface area contributed by atoms with Crippen molar-refractivity contribution in [3.8, 4) is 5.69 Å². The number of hydrogen-bond donors (Lipinski definition) is 1. The molecule has 0 aliphatic carbocycles. The Hall–Kier alpha value is -1.65. The molecule has 2 aromatic rings. The zero-order valence-electron chi connectivity index (χ0n) is 11.8. The molecule has 1 aliphatic rings. The van der Waals surface area contributed by atoms with Crippen molar-refractivity contribution in [1.29, 1.82) is 0 Å². The predicted octanol–water partition coefficient (Wildman–Crippen LogP) is 2.56. The SMILES string of the molecule is CNC(c1ccn(-c2ccccc2)n1)C1CCOCC1. The van der Waals surface area contributed by atoms with Crippen molar-refractivity contribution in [3.63, 3.8) is 0 Å². The minimum absolute atomic E-state index is 0.309. The highest BCUT2D eigenvalue weighted by molar-refractivity contribution is 5.30. The van der Waals surface area contributed by atoms with Crippen molar-refractivity contribution in [2.75, 3.05) is 20.3 Å². The van der Waals surface area contributed by atoms with Gasteiger partial charge in [-0.1, -0.05) is 18.2 Å². The third-order valence-electron chi connectivity index (χ3n) is 4.00. The van der Waals surface area contributed by atoms with E-state index in [1.54, 1.807) is 0 Å². The Morgan fingerprint density at radius 3 is 2.65 bits per heavy atom. The smallest absolute Gasteiger partial charge is 0.0801 e. The lowest BCUT2D eigenvalue weighted by atomic mass is 9.90. The Bertz CT molecular complexity index is 532. The fraction of sp³-hybridized carbons (Fsp3) is 0.438. The Kier molecular flexibility index (Phi) is 4.14. The summed E-state index contributed by atoms with van der Waals surface area (Å²) in [6, 6.07) is 12.6. The van der Waals surface area contributed by atoms with Crippen molar-refractivity contribution < 1.29 is 4.74 Å². The van der Waals surface area contributed by atoms with Gasteiger partial charge in [0.05, 0.1) is 17.4 Å². The molecule has 3 rings (SSSR count). The van der Waals surface area contributed by atoms with Gasteiger partial charge in [0.1, 0.15) is 0 Å². The molecule has 1 fully saturated rings. The minimum atomic E-state index is 0.309. The lowest BCUT2D eigenvalue weighted by molar-refractivity contribution is 0.0540. The summed E-state index contributed by atoms with van der Waals surface area (Å²) in [7, 11) is 2.02. The quantitative estimate of drug-likeness (QED) is 0.929. The summed E-state index contributed by atoms with van der Waals surface area (Å²) in [5.41, 5.74) is 2.21. The molecule has 4 heteroatoms. The van der Waals surface area contributed by atoms with Crippen molar-refractivity contribution in [3.05, 3.63) is 48.3 Å². The van der Waals surface area contributed by atoms with E-state index in [1.807, 2.05) is 36.1 Å². The molecule has 0 radical (unpaired) electrons. The van der Waals surface area contributed by atoms with Crippen molar-refractivity contribution in [2.45, 2.75) is 18.9 Å². The lowest BCUT2D eigenvalue weighted by Crippen LogP contribution is -2.30. The summed E-state index contributed by atoms with van der Waals surface area (Å²) < 4.78 is 7.39. The highest BCUT2D eigenvalue weighted by atomic mass is 16.5. The van der Waals surface area contributed by atoms with Crippen molar-refractivity contribution >= 4 is 0 Å². The van der Waals surface area contributed by atoms with Crippen LogP contribution in [-0.2, 0) is 4.74 Å². The maximum atomic E-state index is 5.45. The molecule has 1 N–H and O–H groups in total. The minimum Gasteiger partial charge on any atom is -0.381 e. The second kappa shape index (κ2) is 6.20. The number of ether oxygens (including phenoxy) is 1. The van der Waals surface area contributed by atoms with Gasteiger partial charge < -0.3 is 10.1 Å². The van der Waals surface area contributed by atoms with Gasteiger partial charge in [-0.05, 0) is 44.0 Å². The van der Waals surface area contributed by atoms with Crippen LogP contribution in [0.15, 0.2) is 42.6 Å². The van der Waals surface area contributed by atoms with E-state index in [2.05, 4.69) is 23.5 Å². The number of nitrogens with one attached hydrogen (secondary N) is 1. The van der Waals surface area contributed by atoms with Crippen LogP contribution >= 0.6 is 0 Å². The first-order valence-corrected chi connectivity index (χ1v) is 7.24. The van der Waals surface area contributed by atoms with E-state index in [-0.39, 0.29) is 0 Å². The normalized spacial score (nSPS) is 18.1. The second-order valence-electron chi connectivity index (χ2n) is 5.24. The first-order chi connectivity index (χ1) is 9.88. The van der Waals surface area contributed by atoms with Crippen molar-refractivity contribution in [1.82, 2.24) is 15.1 Å². The lowest BCUT2D eigenvalue weighted by Gasteiger charge is -2.28. The summed E-state index contributed by atoms with van der Waals surface area (Å²) in [6.45, 7) is 1.73. The van der Waals surface area contributed by atoms with Crippen LogP contribution in [0.5, 0.6) is 0 Å². The van der Waals surface area contributed by atoms with E-state index in [9.17, 15) is 0 Å². The summed E-state index contributed by atoms with van der Waals surface area (Å²) in [5, 5.41) is 8.16. The molecule has 0 spiro atoms. The topological polar surface area (TPSA) is 39.1 Å². The molecule has 1 aliphatic heterocycles. The highest BCUT2D eigenvalue weighted by Crippen LogP contribution is 2.29. The van der Waals surface area contributed by atoms with Crippen LogP contribution in [0.25, 0.3) is 5.69 Å². The van der Waals surface area contributed by atoms with Gasteiger partial charge in [0.15, 0.2) is 0 Å². The number of hydrogen-bond acceptors (Lipinski definition) is 3. The van der Waals surface area contributed by atoms with Crippen LogP contribution in [-0.4, -0.2) is 30.0 Å². The van der Waals surface area contributed by atoms with E-state index < -0.39 is 0 Å². The molecular weight excluding hydrogens is 250 g/mol. The van der Waals surface area contributed by atoms with Gasteiger partial charge in [-0.2, -0.15) is 5.10 Å². The Labute approximate surface area is 119 Å². The van der Waals surface area contributed by atoms with E-state index in [4.69, 9.17) is 9.84 Å². The maximum absolute atomic E-state index is 5.45. The van der Waals surface area contributed by atoms with Gasteiger partial charge in [-0.25, -0.2) is 4.68 Å². The third-order valence-corrected chi connectivity index (χ3v) is 4.00. The first kappa shape index (κ1) is 13.3. The maximum Gasteiger partial charge on any atom is 0.0801 e. The molecule has 1 aromatic carbocycles. The summed E-state index contributed by atoms with van der Waals surface area (Å²) in [5.74, 6) is 0.605. The molecule has 1 unspecified atom stereocenters. The molecule has 0 amide bonds. The monoisotopic (exact) mass is 271 g/mol. The molecule has 1 saturated heterocycles. The Balaban J connectivity index is 1.80. The van der Waals surface area contributed by atoms with Gasteiger partial charge in [0.25, 0.3) is 0 Å². The molecule has 20 heavy (non-hydrogen) atoms. The summed E-state index contributed by atoms with van der Waals surface area (Å²) in [4.78, 5) is 0. The fourth-order valence-electron chi connectivity index (χ4n) is 2.90. The van der Waals surface area contributed by atoms with Gasteiger partial charge in [-0.15, -0.1) is 0 Å². The number of para-hydroxylation sites is 1. The Morgan fingerprint density at radius 2 is 1.95 bits per heavy atom. The third kappa shape index (κ3) is 2.76.